The van der Waals surface area contributed by atoms with Gasteiger partial charge < -0.3 is 14.4 Å². The average molecular weight is 580 g/mol. The van der Waals surface area contributed by atoms with Gasteiger partial charge in [-0.3, -0.25) is 4.90 Å². The van der Waals surface area contributed by atoms with Gasteiger partial charge in [-0.05, 0) is 85.8 Å². The first kappa shape index (κ1) is 27.3. The number of aromatic carboxylic acids is 1. The molecule has 3 heterocycles. The maximum Gasteiger partial charge on any atom is 0.335 e. The molecular weight excluding hydrogens is 549 g/mol. The Bertz CT molecular complexity index is 1530. The predicted octanol–water partition coefficient (Wildman–Crippen LogP) is 6.99. The minimum atomic E-state index is -0.935. The van der Waals surface area contributed by atoms with Gasteiger partial charge in [-0.2, -0.15) is 0 Å². The van der Waals surface area contributed by atoms with Crippen LogP contribution in [-0.2, 0) is 23.6 Å². The molecule has 1 aromatic heterocycles. The third kappa shape index (κ3) is 5.91. The molecule has 2 aliphatic heterocycles. The Morgan fingerprint density at radius 2 is 1.90 bits per heavy atom. The molecule has 3 aromatic carbocycles. The fourth-order valence-corrected chi connectivity index (χ4v) is 6.89. The normalized spacial score (nSPS) is 18.2. The number of piperidine rings is 1. The summed E-state index contributed by atoms with van der Waals surface area (Å²) in [5.41, 5.74) is 3.92. The van der Waals surface area contributed by atoms with Gasteiger partial charge in [0.1, 0.15) is 11.6 Å². The number of ether oxygens (including phenoxy) is 1. The van der Waals surface area contributed by atoms with Crippen LogP contribution in [0.15, 0.2) is 65.6 Å². The van der Waals surface area contributed by atoms with Crippen LogP contribution in [0, 0.1) is 5.82 Å². The minimum Gasteiger partial charge on any atom is -0.478 e. The van der Waals surface area contributed by atoms with E-state index in [9.17, 15) is 14.3 Å². The number of rotatable bonds is 9. The molecule has 0 spiro atoms. The molecule has 0 aliphatic carbocycles. The van der Waals surface area contributed by atoms with E-state index in [-0.39, 0.29) is 17.5 Å². The van der Waals surface area contributed by atoms with Gasteiger partial charge in [0.05, 0.1) is 35.8 Å². The first-order valence-corrected chi connectivity index (χ1v) is 15.0. The van der Waals surface area contributed by atoms with Crippen LogP contribution >= 0.6 is 23.4 Å². The van der Waals surface area contributed by atoms with Crippen molar-refractivity contribution in [3.8, 4) is 0 Å². The molecule has 208 valence electrons. The second-order valence-electron chi connectivity index (χ2n) is 10.5. The number of carbonyl (C=O) groups is 1. The van der Waals surface area contributed by atoms with Gasteiger partial charge in [-0.15, -0.1) is 11.8 Å². The second-order valence-corrected chi connectivity index (χ2v) is 12.0. The molecule has 0 bridgehead atoms. The summed E-state index contributed by atoms with van der Waals surface area (Å²) in [6.07, 6.45) is 3.21. The van der Waals surface area contributed by atoms with Crippen LogP contribution in [0.1, 0.15) is 52.5 Å². The highest BCUT2D eigenvalue weighted by Gasteiger charge is 2.26. The highest BCUT2D eigenvalue weighted by atomic mass is 35.5. The fourth-order valence-electron chi connectivity index (χ4n) is 5.61. The summed E-state index contributed by atoms with van der Waals surface area (Å²) in [6.45, 7) is 4.06. The SMILES string of the molecule is O=C(O)c1ccc2nc(CN3CCC(c4ccccc4SCc4ccc(Cl)cc4F)CC3)n(C[C@@H]3CCO3)c2c1. The number of halogens is 2. The van der Waals surface area contributed by atoms with Crippen molar-refractivity contribution < 1.29 is 19.0 Å². The molecule has 9 heteroatoms. The van der Waals surface area contributed by atoms with Gasteiger partial charge >= 0.3 is 5.97 Å². The number of carboxylic acids is 1. The summed E-state index contributed by atoms with van der Waals surface area (Å²) in [7, 11) is 0. The molecule has 2 saturated heterocycles. The first-order valence-electron chi connectivity index (χ1n) is 13.7. The van der Waals surface area contributed by atoms with Crippen molar-refractivity contribution in [3.05, 3.63) is 94.0 Å². The van der Waals surface area contributed by atoms with Gasteiger partial charge in [0.15, 0.2) is 0 Å². The van der Waals surface area contributed by atoms with Gasteiger partial charge in [-0.25, -0.2) is 14.2 Å². The quantitative estimate of drug-likeness (QED) is 0.216. The van der Waals surface area contributed by atoms with Crippen molar-refractivity contribution in [2.24, 2.45) is 0 Å². The summed E-state index contributed by atoms with van der Waals surface area (Å²) in [6, 6.07) is 18.5. The van der Waals surface area contributed by atoms with Crippen LogP contribution in [0.2, 0.25) is 5.02 Å². The zero-order chi connectivity index (χ0) is 27.6. The topological polar surface area (TPSA) is 67.6 Å². The molecule has 4 aromatic rings. The number of hydrogen-bond acceptors (Lipinski definition) is 5. The van der Waals surface area contributed by atoms with Crippen molar-refractivity contribution in [2.75, 3.05) is 19.7 Å². The number of thioether (sulfide) groups is 1. The monoisotopic (exact) mass is 579 g/mol. The van der Waals surface area contributed by atoms with Crippen molar-refractivity contribution >= 4 is 40.4 Å². The van der Waals surface area contributed by atoms with E-state index in [0.717, 1.165) is 55.8 Å². The van der Waals surface area contributed by atoms with Gasteiger partial charge in [-0.1, -0.05) is 35.9 Å². The molecular formula is C31H31ClFN3O3S. The van der Waals surface area contributed by atoms with Crippen molar-refractivity contribution in [2.45, 2.75) is 55.0 Å². The summed E-state index contributed by atoms with van der Waals surface area (Å²) in [5, 5.41) is 9.92. The Morgan fingerprint density at radius 1 is 1.10 bits per heavy atom. The molecule has 6 nitrogen and oxygen atoms in total. The summed E-state index contributed by atoms with van der Waals surface area (Å²) in [5.74, 6) is 0.751. The maximum absolute atomic E-state index is 14.3. The van der Waals surface area contributed by atoms with E-state index in [0.29, 0.717) is 35.3 Å². The highest BCUT2D eigenvalue weighted by Crippen LogP contribution is 2.37. The number of fused-ring (bicyclic) bond motifs is 1. The Balaban J connectivity index is 1.14. The van der Waals surface area contributed by atoms with Crippen LogP contribution < -0.4 is 0 Å². The lowest BCUT2D eigenvalue weighted by Crippen LogP contribution is -2.35. The molecule has 0 amide bonds. The molecule has 1 atom stereocenters. The van der Waals surface area contributed by atoms with E-state index in [2.05, 4.69) is 27.7 Å². The predicted molar refractivity (Wildman–Crippen MR) is 156 cm³/mol. The standard InChI is InChI=1S/C31H31ClFN3O3S/c32-23-7-5-22(26(33)16-23)19-40-29-4-2-1-3-25(29)20-9-12-35(13-10-20)18-30-34-27-8-6-21(31(37)38)15-28(27)36(30)17-24-11-14-39-24/h1-8,15-16,20,24H,9-14,17-19H2,(H,37,38)/t24-/m0/s1. The van der Waals surface area contributed by atoms with E-state index in [1.807, 2.05) is 6.07 Å². The minimum absolute atomic E-state index is 0.144. The number of benzene rings is 3. The van der Waals surface area contributed by atoms with Crippen molar-refractivity contribution in [1.29, 1.82) is 0 Å². The lowest BCUT2D eigenvalue weighted by atomic mass is 9.89. The number of hydrogen-bond donors (Lipinski definition) is 1. The largest absolute Gasteiger partial charge is 0.478 e. The van der Waals surface area contributed by atoms with Gasteiger partial charge in [0.2, 0.25) is 0 Å². The van der Waals surface area contributed by atoms with Crippen LogP contribution in [0.25, 0.3) is 11.0 Å². The Labute approximate surface area is 242 Å². The van der Waals surface area contributed by atoms with E-state index < -0.39 is 5.97 Å². The molecule has 2 fully saturated rings. The number of nitrogens with zero attached hydrogens (tertiary/aromatic N) is 3. The number of carboxylic acid groups (broad SMARTS) is 1. The lowest BCUT2D eigenvalue weighted by molar-refractivity contribution is -0.0592. The zero-order valence-electron chi connectivity index (χ0n) is 22.1. The highest BCUT2D eigenvalue weighted by molar-refractivity contribution is 7.98. The Hall–Kier alpha value is -2.91. The maximum atomic E-state index is 14.3. The average Bonchev–Trinajstić information content (AvgIpc) is 3.26. The summed E-state index contributed by atoms with van der Waals surface area (Å²) in [4.78, 5) is 20.1. The van der Waals surface area contributed by atoms with E-state index in [4.69, 9.17) is 21.3 Å². The van der Waals surface area contributed by atoms with E-state index >= 15 is 0 Å². The van der Waals surface area contributed by atoms with Crippen LogP contribution in [-0.4, -0.2) is 51.3 Å². The zero-order valence-corrected chi connectivity index (χ0v) is 23.6. The third-order valence-corrected chi connectivity index (χ3v) is 9.34. The third-order valence-electron chi connectivity index (χ3n) is 7.96. The molecule has 40 heavy (non-hydrogen) atoms. The lowest BCUT2D eigenvalue weighted by Gasteiger charge is -2.33. The molecule has 6 rings (SSSR count). The second kappa shape index (κ2) is 11.9. The molecule has 2 aliphatic rings. The Kier molecular flexibility index (Phi) is 8.12. The van der Waals surface area contributed by atoms with Gasteiger partial charge in [0, 0.05) is 22.3 Å². The van der Waals surface area contributed by atoms with E-state index in [1.165, 1.54) is 16.5 Å². The summed E-state index contributed by atoms with van der Waals surface area (Å²) < 4.78 is 22.2. The van der Waals surface area contributed by atoms with Gasteiger partial charge in [0.25, 0.3) is 0 Å². The van der Waals surface area contributed by atoms with Crippen LogP contribution in [0.4, 0.5) is 4.39 Å². The Morgan fingerprint density at radius 3 is 2.62 bits per heavy atom. The summed E-state index contributed by atoms with van der Waals surface area (Å²) >= 11 is 7.59. The van der Waals surface area contributed by atoms with E-state index in [1.54, 1.807) is 42.1 Å². The molecule has 0 radical (unpaired) electrons. The molecule has 0 unspecified atom stereocenters. The van der Waals surface area contributed by atoms with Crippen LogP contribution in [0.5, 0.6) is 0 Å². The number of imidazole rings is 1. The smallest absolute Gasteiger partial charge is 0.335 e. The molecule has 0 saturated carbocycles. The van der Waals surface area contributed by atoms with Crippen molar-refractivity contribution in [1.82, 2.24) is 14.5 Å². The number of likely N-dealkylation sites (tertiary alicyclic amines) is 1. The van der Waals surface area contributed by atoms with Crippen molar-refractivity contribution in [3.63, 3.8) is 0 Å². The number of aromatic nitrogens is 2. The molecule has 1 N–H and O–H groups in total. The first-order chi connectivity index (χ1) is 19.4. The van der Waals surface area contributed by atoms with Crippen LogP contribution in [0.3, 0.4) is 0 Å². The fraction of sp³-hybridized carbons (Fsp3) is 0.355.